The van der Waals surface area contributed by atoms with Gasteiger partial charge in [-0.05, 0) is 23.6 Å². The van der Waals surface area contributed by atoms with Crippen LogP contribution in [0.25, 0.3) is 11.0 Å². The van der Waals surface area contributed by atoms with Gasteiger partial charge in [0.15, 0.2) is 23.8 Å². The number of carbonyl (C=O) groups is 1. The lowest BCUT2D eigenvalue weighted by Gasteiger charge is -2.17. The summed E-state index contributed by atoms with van der Waals surface area (Å²) in [6.45, 7) is 3.57. The number of hydrogen-bond donors (Lipinski definition) is 1. The van der Waals surface area contributed by atoms with E-state index in [1.165, 1.54) is 25.8 Å². The number of carbonyl (C=O) groups excluding carboxylic acids is 1. The maximum atomic E-state index is 12.9. The third kappa shape index (κ3) is 3.78. The largest absolute Gasteiger partial charge is 0.493 e. The highest BCUT2D eigenvalue weighted by Crippen LogP contribution is 2.29. The monoisotopic (exact) mass is 412 g/mol. The molecule has 3 rings (SSSR count). The topological polar surface area (TPSA) is 104 Å². The fourth-order valence-electron chi connectivity index (χ4n) is 3.17. The van der Waals surface area contributed by atoms with Crippen LogP contribution in [0, 0.1) is 0 Å². The highest BCUT2D eigenvalue weighted by Gasteiger charge is 2.20. The van der Waals surface area contributed by atoms with E-state index < -0.39 is 17.2 Å². The van der Waals surface area contributed by atoms with Crippen LogP contribution in [0.4, 0.5) is 5.69 Å². The van der Waals surface area contributed by atoms with Gasteiger partial charge in [-0.25, -0.2) is 9.78 Å². The second kappa shape index (κ2) is 8.40. The Hall–Kier alpha value is -3.62. The van der Waals surface area contributed by atoms with Crippen molar-refractivity contribution in [1.82, 2.24) is 14.1 Å². The van der Waals surface area contributed by atoms with Crippen molar-refractivity contribution in [2.45, 2.75) is 19.8 Å². The number of anilines is 1. The van der Waals surface area contributed by atoms with E-state index in [0.29, 0.717) is 22.7 Å². The molecule has 0 bridgehead atoms. The van der Waals surface area contributed by atoms with E-state index in [1.54, 1.807) is 30.5 Å². The molecule has 1 amide bonds. The molecule has 0 spiro atoms. The van der Waals surface area contributed by atoms with E-state index in [-0.39, 0.29) is 23.6 Å². The van der Waals surface area contributed by atoms with Gasteiger partial charge >= 0.3 is 5.69 Å². The Morgan fingerprint density at radius 3 is 2.43 bits per heavy atom. The van der Waals surface area contributed by atoms with Gasteiger partial charge in [0.1, 0.15) is 5.39 Å². The van der Waals surface area contributed by atoms with Gasteiger partial charge in [0, 0.05) is 20.3 Å². The third-order valence-corrected chi connectivity index (χ3v) is 4.81. The predicted molar refractivity (Wildman–Crippen MR) is 113 cm³/mol. The molecule has 0 unspecified atom stereocenters. The van der Waals surface area contributed by atoms with Crippen molar-refractivity contribution < 1.29 is 14.3 Å². The average molecular weight is 412 g/mol. The van der Waals surface area contributed by atoms with Crippen LogP contribution >= 0.6 is 0 Å². The van der Waals surface area contributed by atoms with Gasteiger partial charge in [-0.2, -0.15) is 0 Å². The second-order valence-corrected chi connectivity index (χ2v) is 7.14. The first-order valence-electron chi connectivity index (χ1n) is 9.40. The summed E-state index contributed by atoms with van der Waals surface area (Å²) < 4.78 is 13.1. The molecule has 0 atom stereocenters. The molecule has 30 heavy (non-hydrogen) atoms. The first kappa shape index (κ1) is 21.1. The molecule has 3 aromatic rings. The van der Waals surface area contributed by atoms with Crippen molar-refractivity contribution in [2.75, 3.05) is 19.0 Å². The first-order chi connectivity index (χ1) is 14.3. The standard InChI is InChI=1S/C21H24N4O5/c1-12(2)13-10-22-19-17(20(27)25(4)21(28)24(19)3)18(13)23-16(26)11-30-15-9-7-6-8-14(15)29-5/h6-10,12H,11H2,1-5H3,(H,22,23,26). The summed E-state index contributed by atoms with van der Waals surface area (Å²) in [7, 11) is 4.44. The van der Waals surface area contributed by atoms with Gasteiger partial charge in [0.25, 0.3) is 11.5 Å². The maximum absolute atomic E-state index is 12.9. The zero-order chi connectivity index (χ0) is 22.0. The highest BCUT2D eigenvalue weighted by molar-refractivity contribution is 6.01. The van der Waals surface area contributed by atoms with Crippen LogP contribution in [0.3, 0.4) is 0 Å². The number of aryl methyl sites for hydroxylation is 1. The molecule has 0 saturated carbocycles. The minimum atomic E-state index is -0.524. The summed E-state index contributed by atoms with van der Waals surface area (Å²) >= 11 is 0. The minimum absolute atomic E-state index is 0.0192. The van der Waals surface area contributed by atoms with Crippen molar-refractivity contribution >= 4 is 22.6 Å². The summed E-state index contributed by atoms with van der Waals surface area (Å²) in [6, 6.07) is 6.99. The quantitative estimate of drug-likeness (QED) is 0.662. The SMILES string of the molecule is COc1ccccc1OCC(=O)Nc1c(C(C)C)cnc2c1c(=O)n(C)c(=O)n2C. The molecule has 2 heterocycles. The number of para-hydroxylation sites is 2. The summed E-state index contributed by atoms with van der Waals surface area (Å²) in [5.74, 6) is 0.462. The summed E-state index contributed by atoms with van der Waals surface area (Å²) in [5.41, 5.74) is 0.204. The molecule has 9 heteroatoms. The zero-order valence-corrected chi connectivity index (χ0v) is 17.6. The lowest BCUT2D eigenvalue weighted by Crippen LogP contribution is -2.38. The Labute approximate surface area is 172 Å². The Morgan fingerprint density at radius 2 is 1.80 bits per heavy atom. The van der Waals surface area contributed by atoms with Gasteiger partial charge < -0.3 is 14.8 Å². The molecule has 0 fully saturated rings. The number of nitrogens with one attached hydrogen (secondary N) is 1. The summed E-state index contributed by atoms with van der Waals surface area (Å²) in [6.07, 6.45) is 1.57. The number of benzene rings is 1. The Morgan fingerprint density at radius 1 is 1.13 bits per heavy atom. The Kier molecular flexibility index (Phi) is 5.91. The molecule has 1 N–H and O–H groups in total. The zero-order valence-electron chi connectivity index (χ0n) is 17.6. The number of pyridine rings is 1. The molecule has 0 radical (unpaired) electrons. The third-order valence-electron chi connectivity index (χ3n) is 4.81. The van der Waals surface area contributed by atoms with Crippen LogP contribution < -0.4 is 26.0 Å². The number of methoxy groups -OCH3 is 1. The van der Waals surface area contributed by atoms with E-state index in [2.05, 4.69) is 10.3 Å². The van der Waals surface area contributed by atoms with Gasteiger partial charge in [-0.15, -0.1) is 0 Å². The van der Waals surface area contributed by atoms with E-state index in [0.717, 1.165) is 4.57 Å². The number of hydrogen-bond acceptors (Lipinski definition) is 6. The van der Waals surface area contributed by atoms with Crippen molar-refractivity contribution in [1.29, 1.82) is 0 Å². The lowest BCUT2D eigenvalue weighted by molar-refractivity contribution is -0.118. The first-order valence-corrected chi connectivity index (χ1v) is 9.40. The fraction of sp³-hybridized carbons (Fsp3) is 0.333. The Bertz CT molecular complexity index is 1230. The van der Waals surface area contributed by atoms with Gasteiger partial charge in [0.05, 0.1) is 12.8 Å². The average Bonchev–Trinajstić information content (AvgIpc) is 2.74. The molecular formula is C21H24N4O5. The van der Waals surface area contributed by atoms with Crippen molar-refractivity contribution in [2.24, 2.45) is 14.1 Å². The fourth-order valence-corrected chi connectivity index (χ4v) is 3.17. The molecule has 1 aromatic carbocycles. The number of amides is 1. The number of aromatic nitrogens is 3. The van der Waals surface area contributed by atoms with Crippen molar-refractivity contribution in [3.8, 4) is 11.5 Å². The second-order valence-electron chi connectivity index (χ2n) is 7.14. The molecular weight excluding hydrogens is 388 g/mol. The molecule has 158 valence electrons. The van der Waals surface area contributed by atoms with E-state index in [9.17, 15) is 14.4 Å². The van der Waals surface area contributed by atoms with Crippen LogP contribution in [-0.2, 0) is 18.9 Å². The van der Waals surface area contributed by atoms with Crippen LogP contribution in [0.1, 0.15) is 25.3 Å². The number of fused-ring (bicyclic) bond motifs is 1. The predicted octanol–water partition coefficient (Wildman–Crippen LogP) is 1.78. The molecule has 2 aromatic heterocycles. The highest BCUT2D eigenvalue weighted by atomic mass is 16.5. The van der Waals surface area contributed by atoms with E-state index >= 15 is 0 Å². The minimum Gasteiger partial charge on any atom is -0.493 e. The van der Waals surface area contributed by atoms with Crippen LogP contribution in [-0.4, -0.2) is 33.7 Å². The molecule has 0 aliphatic carbocycles. The van der Waals surface area contributed by atoms with Crippen LogP contribution in [0.5, 0.6) is 11.5 Å². The van der Waals surface area contributed by atoms with Gasteiger partial charge in [-0.3, -0.25) is 18.7 Å². The Balaban J connectivity index is 2.02. The molecule has 0 aliphatic heterocycles. The van der Waals surface area contributed by atoms with Crippen LogP contribution in [0.2, 0.25) is 0 Å². The van der Waals surface area contributed by atoms with Gasteiger partial charge in [0.2, 0.25) is 0 Å². The van der Waals surface area contributed by atoms with E-state index in [1.807, 2.05) is 13.8 Å². The summed E-state index contributed by atoms with van der Waals surface area (Å²) in [5, 5.41) is 2.96. The van der Waals surface area contributed by atoms with Crippen molar-refractivity contribution in [3.05, 3.63) is 56.9 Å². The molecule has 9 nitrogen and oxygen atoms in total. The number of nitrogens with zero attached hydrogens (tertiary/aromatic N) is 3. The normalized spacial score (nSPS) is 11.0. The molecule has 0 saturated heterocycles. The molecule has 0 aliphatic rings. The number of rotatable bonds is 6. The summed E-state index contributed by atoms with van der Waals surface area (Å²) in [4.78, 5) is 42.1. The van der Waals surface area contributed by atoms with Crippen LogP contribution in [0.15, 0.2) is 40.1 Å². The van der Waals surface area contributed by atoms with Crippen molar-refractivity contribution in [3.63, 3.8) is 0 Å². The van der Waals surface area contributed by atoms with E-state index in [4.69, 9.17) is 9.47 Å². The maximum Gasteiger partial charge on any atom is 0.332 e. The lowest BCUT2D eigenvalue weighted by atomic mass is 10.0. The smallest absolute Gasteiger partial charge is 0.332 e. The van der Waals surface area contributed by atoms with Gasteiger partial charge in [-0.1, -0.05) is 26.0 Å². The number of ether oxygens (including phenoxy) is 2.